The fraction of sp³-hybridized carbons (Fsp3) is 0.706. The van der Waals surface area contributed by atoms with Crippen molar-refractivity contribution >= 4 is 5.91 Å². The van der Waals surface area contributed by atoms with Crippen molar-refractivity contribution in [2.45, 2.75) is 58.9 Å². The molecule has 1 heterocycles. The van der Waals surface area contributed by atoms with Crippen LogP contribution in [0.3, 0.4) is 0 Å². The van der Waals surface area contributed by atoms with E-state index in [2.05, 4.69) is 22.2 Å². The Morgan fingerprint density at radius 1 is 1.36 bits per heavy atom. The van der Waals surface area contributed by atoms with Gasteiger partial charge in [0, 0.05) is 17.3 Å². The number of rotatable bonds is 4. The van der Waals surface area contributed by atoms with Gasteiger partial charge in [-0.1, -0.05) is 6.42 Å². The van der Waals surface area contributed by atoms with Gasteiger partial charge in [0.1, 0.15) is 5.82 Å². The molecule has 0 unspecified atom stereocenters. The molecule has 120 valence electrons. The van der Waals surface area contributed by atoms with Crippen molar-refractivity contribution in [3.05, 3.63) is 27.4 Å². The first-order valence-corrected chi connectivity index (χ1v) is 8.29. The Kier molecular flexibility index (Phi) is 4.06. The van der Waals surface area contributed by atoms with Crippen LogP contribution in [0.15, 0.2) is 4.79 Å². The van der Waals surface area contributed by atoms with Gasteiger partial charge in [0.2, 0.25) is 5.91 Å². The molecule has 5 nitrogen and oxygen atoms in total. The number of nitrogens with one attached hydrogen (secondary N) is 2. The maximum atomic E-state index is 12.3. The molecule has 1 amide bonds. The molecule has 0 spiro atoms. The van der Waals surface area contributed by atoms with E-state index in [1.165, 1.54) is 25.7 Å². The van der Waals surface area contributed by atoms with Gasteiger partial charge in [-0.2, -0.15) is 0 Å². The van der Waals surface area contributed by atoms with Gasteiger partial charge in [0.15, 0.2) is 0 Å². The third-order valence-corrected chi connectivity index (χ3v) is 5.50. The van der Waals surface area contributed by atoms with Gasteiger partial charge >= 0.3 is 0 Å². The molecule has 5 heteroatoms. The zero-order valence-electron chi connectivity index (χ0n) is 13.6. The number of hydrogen-bond acceptors (Lipinski definition) is 3. The molecule has 1 aromatic rings. The summed E-state index contributed by atoms with van der Waals surface area (Å²) in [6.07, 6.45) is 5.38. The molecule has 0 aromatic carbocycles. The van der Waals surface area contributed by atoms with Crippen LogP contribution < -0.4 is 10.9 Å². The molecule has 22 heavy (non-hydrogen) atoms. The standard InChI is InChI=1S/C17H25N3O2/c1-9(14-7-12-4-5-13(14)6-12)19-16(21)8-15-10(2)18-11(3)20-17(15)22/h9,12-14H,4-8H2,1-3H3,(H,19,21)(H,18,20,22)/t9-,12-,13-,14+/m0/s1. The summed E-state index contributed by atoms with van der Waals surface area (Å²) in [5.74, 6) is 2.78. The molecule has 2 saturated carbocycles. The second-order valence-corrected chi connectivity index (χ2v) is 7.09. The molecular weight excluding hydrogens is 278 g/mol. The summed E-state index contributed by atoms with van der Waals surface area (Å²) in [5, 5.41) is 3.10. The zero-order chi connectivity index (χ0) is 15.9. The Labute approximate surface area is 130 Å². The highest BCUT2D eigenvalue weighted by atomic mass is 16.2. The van der Waals surface area contributed by atoms with Crippen molar-refractivity contribution < 1.29 is 4.79 Å². The van der Waals surface area contributed by atoms with Gasteiger partial charge in [-0.25, -0.2) is 4.98 Å². The Hall–Kier alpha value is -1.65. The number of fused-ring (bicyclic) bond motifs is 2. The third kappa shape index (κ3) is 2.94. The van der Waals surface area contributed by atoms with Crippen LogP contribution >= 0.6 is 0 Å². The lowest BCUT2D eigenvalue weighted by atomic mass is 9.84. The quantitative estimate of drug-likeness (QED) is 0.891. The van der Waals surface area contributed by atoms with E-state index in [-0.39, 0.29) is 23.9 Å². The normalized spacial score (nSPS) is 27.9. The van der Waals surface area contributed by atoms with E-state index in [1.54, 1.807) is 13.8 Å². The Balaban J connectivity index is 1.62. The van der Waals surface area contributed by atoms with Crippen LogP contribution in [0.1, 0.15) is 49.7 Å². The summed E-state index contributed by atoms with van der Waals surface area (Å²) >= 11 is 0. The minimum Gasteiger partial charge on any atom is -0.353 e. The van der Waals surface area contributed by atoms with Crippen LogP contribution in [0.5, 0.6) is 0 Å². The molecule has 2 aliphatic rings. The summed E-state index contributed by atoms with van der Waals surface area (Å²) in [5.41, 5.74) is 0.917. The maximum absolute atomic E-state index is 12.3. The summed E-state index contributed by atoms with van der Waals surface area (Å²) in [7, 11) is 0. The van der Waals surface area contributed by atoms with Crippen LogP contribution in [0, 0.1) is 31.6 Å². The molecule has 0 radical (unpaired) electrons. The lowest BCUT2D eigenvalue weighted by Crippen LogP contribution is -2.41. The van der Waals surface area contributed by atoms with E-state index in [0.29, 0.717) is 23.0 Å². The van der Waals surface area contributed by atoms with Crippen molar-refractivity contribution in [1.82, 2.24) is 15.3 Å². The fourth-order valence-corrected chi connectivity index (χ4v) is 4.44. The van der Waals surface area contributed by atoms with Gasteiger partial charge in [0.05, 0.1) is 6.42 Å². The van der Waals surface area contributed by atoms with Gasteiger partial charge in [-0.15, -0.1) is 0 Å². The SMILES string of the molecule is Cc1nc(C)c(CC(=O)N[C@@H](C)[C@H]2C[C@H]3CC[C@H]2C3)c(=O)[nH]1. The van der Waals surface area contributed by atoms with Crippen LogP contribution in [0.25, 0.3) is 0 Å². The highest BCUT2D eigenvalue weighted by Gasteiger charge is 2.42. The monoisotopic (exact) mass is 303 g/mol. The van der Waals surface area contributed by atoms with E-state index in [9.17, 15) is 9.59 Å². The first-order valence-electron chi connectivity index (χ1n) is 8.29. The lowest BCUT2D eigenvalue weighted by molar-refractivity contribution is -0.121. The minimum absolute atomic E-state index is 0.0745. The topological polar surface area (TPSA) is 74.8 Å². The maximum Gasteiger partial charge on any atom is 0.254 e. The average Bonchev–Trinajstić information content (AvgIpc) is 3.05. The second kappa shape index (κ2) is 5.86. The second-order valence-electron chi connectivity index (χ2n) is 7.09. The van der Waals surface area contributed by atoms with Crippen LogP contribution in [0.2, 0.25) is 0 Å². The molecule has 2 aliphatic carbocycles. The van der Waals surface area contributed by atoms with Crippen molar-refractivity contribution in [2.24, 2.45) is 17.8 Å². The van der Waals surface area contributed by atoms with Gasteiger partial charge < -0.3 is 10.3 Å². The Bertz CT molecular complexity index is 637. The van der Waals surface area contributed by atoms with Gasteiger partial charge in [-0.05, 0) is 57.8 Å². The number of aryl methyl sites for hydroxylation is 2. The van der Waals surface area contributed by atoms with Crippen LogP contribution in [0.4, 0.5) is 0 Å². The molecule has 1 aromatic heterocycles. The van der Waals surface area contributed by atoms with Gasteiger partial charge in [0.25, 0.3) is 5.56 Å². The molecule has 3 rings (SSSR count). The number of amides is 1. The first kappa shape index (κ1) is 15.3. The number of aromatic nitrogens is 2. The highest BCUT2D eigenvalue weighted by Crippen LogP contribution is 2.49. The van der Waals surface area contributed by atoms with Crippen LogP contribution in [-0.2, 0) is 11.2 Å². The van der Waals surface area contributed by atoms with E-state index in [1.807, 2.05) is 0 Å². The van der Waals surface area contributed by atoms with Crippen molar-refractivity contribution in [3.8, 4) is 0 Å². The minimum atomic E-state index is -0.201. The molecule has 0 aliphatic heterocycles. The van der Waals surface area contributed by atoms with E-state index in [0.717, 1.165) is 11.8 Å². The van der Waals surface area contributed by atoms with Crippen molar-refractivity contribution in [3.63, 3.8) is 0 Å². The third-order valence-electron chi connectivity index (χ3n) is 5.50. The first-order chi connectivity index (χ1) is 10.4. The predicted octanol–water partition coefficient (Wildman–Crippen LogP) is 1.87. The highest BCUT2D eigenvalue weighted by molar-refractivity contribution is 5.79. The molecule has 2 bridgehead atoms. The Morgan fingerprint density at radius 2 is 2.14 bits per heavy atom. The summed E-state index contributed by atoms with van der Waals surface area (Å²) in [6, 6.07) is 0.195. The number of hydrogen-bond donors (Lipinski definition) is 2. The smallest absolute Gasteiger partial charge is 0.254 e. The van der Waals surface area contributed by atoms with E-state index >= 15 is 0 Å². The van der Waals surface area contributed by atoms with Crippen molar-refractivity contribution in [1.29, 1.82) is 0 Å². The summed E-state index contributed by atoms with van der Waals surface area (Å²) < 4.78 is 0. The molecule has 2 fully saturated rings. The van der Waals surface area contributed by atoms with E-state index < -0.39 is 0 Å². The zero-order valence-corrected chi connectivity index (χ0v) is 13.6. The number of nitrogens with zero attached hydrogens (tertiary/aromatic N) is 1. The number of aromatic amines is 1. The summed E-state index contributed by atoms with van der Waals surface area (Å²) in [6.45, 7) is 5.63. The predicted molar refractivity (Wildman–Crippen MR) is 84.6 cm³/mol. The van der Waals surface area contributed by atoms with E-state index in [4.69, 9.17) is 0 Å². The van der Waals surface area contributed by atoms with Gasteiger partial charge in [-0.3, -0.25) is 9.59 Å². The number of carbonyl (C=O) groups excluding carboxylic acids is 1. The molecule has 0 saturated heterocycles. The number of H-pyrrole nitrogens is 1. The molecule has 2 N–H and O–H groups in total. The van der Waals surface area contributed by atoms with Crippen LogP contribution in [-0.4, -0.2) is 21.9 Å². The molecule has 4 atom stereocenters. The largest absolute Gasteiger partial charge is 0.353 e. The lowest BCUT2D eigenvalue weighted by Gasteiger charge is -2.28. The average molecular weight is 303 g/mol. The molecular formula is C17H25N3O2. The summed E-state index contributed by atoms with van der Waals surface area (Å²) in [4.78, 5) is 31.2. The fourth-order valence-electron chi connectivity index (χ4n) is 4.44. The van der Waals surface area contributed by atoms with Crippen molar-refractivity contribution in [2.75, 3.05) is 0 Å². The Morgan fingerprint density at radius 3 is 2.73 bits per heavy atom. The number of carbonyl (C=O) groups is 1.